The quantitative estimate of drug-likeness (QED) is 0.794. The van der Waals surface area contributed by atoms with E-state index in [-0.39, 0.29) is 11.5 Å². The Hall–Kier alpha value is -1.60. The van der Waals surface area contributed by atoms with E-state index >= 15 is 0 Å². The third-order valence-corrected chi connectivity index (χ3v) is 3.54. The van der Waals surface area contributed by atoms with Crippen LogP contribution in [0.2, 0.25) is 0 Å². The van der Waals surface area contributed by atoms with Crippen molar-refractivity contribution in [3.05, 3.63) is 24.0 Å². The van der Waals surface area contributed by atoms with Crippen molar-refractivity contribution < 1.29 is 0 Å². The molecule has 1 saturated heterocycles. The van der Waals surface area contributed by atoms with Crippen molar-refractivity contribution in [3.63, 3.8) is 0 Å². The molecule has 90 valence electrons. The second-order valence-electron chi connectivity index (χ2n) is 5.32. The summed E-state index contributed by atoms with van der Waals surface area (Å²) >= 11 is 0. The Morgan fingerprint density at radius 3 is 3.00 bits per heavy atom. The Morgan fingerprint density at radius 2 is 2.35 bits per heavy atom. The summed E-state index contributed by atoms with van der Waals surface area (Å²) in [5.74, 6) is 0. The second kappa shape index (κ2) is 4.34. The molecule has 0 amide bonds. The van der Waals surface area contributed by atoms with Crippen LogP contribution in [0.1, 0.15) is 26.0 Å². The van der Waals surface area contributed by atoms with E-state index in [0.717, 1.165) is 25.2 Å². The minimum Gasteiger partial charge on any atom is -0.371 e. The average molecular weight is 230 g/mol. The van der Waals surface area contributed by atoms with Crippen LogP contribution in [0.4, 0.5) is 5.69 Å². The number of hydrogen-bond donors (Lipinski definition) is 1. The molecular weight excluding hydrogens is 212 g/mol. The van der Waals surface area contributed by atoms with Crippen LogP contribution in [0.15, 0.2) is 18.3 Å². The van der Waals surface area contributed by atoms with E-state index in [1.165, 1.54) is 0 Å². The maximum absolute atomic E-state index is 8.85. The van der Waals surface area contributed by atoms with Crippen LogP contribution in [0.3, 0.4) is 0 Å². The van der Waals surface area contributed by atoms with Gasteiger partial charge in [-0.15, -0.1) is 0 Å². The Bertz CT molecular complexity index is 447. The average Bonchev–Trinajstić information content (AvgIpc) is 2.32. The molecule has 2 heterocycles. The zero-order valence-electron chi connectivity index (χ0n) is 10.3. The lowest BCUT2D eigenvalue weighted by Crippen LogP contribution is -2.52. The van der Waals surface area contributed by atoms with Gasteiger partial charge < -0.3 is 10.6 Å². The summed E-state index contributed by atoms with van der Waals surface area (Å²) < 4.78 is 0. The van der Waals surface area contributed by atoms with Crippen molar-refractivity contribution in [1.82, 2.24) is 4.98 Å². The first-order valence-corrected chi connectivity index (χ1v) is 5.89. The number of hydrogen-bond acceptors (Lipinski definition) is 4. The van der Waals surface area contributed by atoms with Crippen molar-refractivity contribution in [2.24, 2.45) is 11.1 Å². The summed E-state index contributed by atoms with van der Waals surface area (Å²) in [5.41, 5.74) is 7.76. The SMILES string of the molecule is CC1(C)CN(c2ccnc(C#N)c2)CCC1N. The molecule has 2 N–H and O–H groups in total. The number of piperidine rings is 1. The van der Waals surface area contributed by atoms with Crippen molar-refractivity contribution in [1.29, 1.82) is 5.26 Å². The summed E-state index contributed by atoms with van der Waals surface area (Å²) in [7, 11) is 0. The van der Waals surface area contributed by atoms with Gasteiger partial charge in [0.25, 0.3) is 0 Å². The third kappa shape index (κ3) is 2.40. The highest BCUT2D eigenvalue weighted by atomic mass is 15.2. The van der Waals surface area contributed by atoms with Gasteiger partial charge in [0.15, 0.2) is 0 Å². The van der Waals surface area contributed by atoms with E-state index in [1.807, 2.05) is 12.1 Å². The lowest BCUT2D eigenvalue weighted by atomic mass is 9.79. The van der Waals surface area contributed by atoms with Gasteiger partial charge in [0, 0.05) is 31.0 Å². The zero-order chi connectivity index (χ0) is 12.5. The lowest BCUT2D eigenvalue weighted by Gasteiger charge is -2.43. The highest BCUT2D eigenvalue weighted by Gasteiger charge is 2.33. The van der Waals surface area contributed by atoms with Crippen molar-refractivity contribution in [3.8, 4) is 6.07 Å². The summed E-state index contributed by atoms with van der Waals surface area (Å²) in [6.07, 6.45) is 2.67. The van der Waals surface area contributed by atoms with Gasteiger partial charge in [-0.1, -0.05) is 13.8 Å². The van der Waals surface area contributed by atoms with Crippen LogP contribution in [-0.2, 0) is 0 Å². The lowest BCUT2D eigenvalue weighted by molar-refractivity contribution is 0.245. The van der Waals surface area contributed by atoms with Crippen LogP contribution >= 0.6 is 0 Å². The molecule has 0 saturated carbocycles. The van der Waals surface area contributed by atoms with Crippen LogP contribution in [0, 0.1) is 16.7 Å². The molecular formula is C13H18N4. The monoisotopic (exact) mass is 230 g/mol. The molecule has 0 aromatic carbocycles. The molecule has 1 aliphatic rings. The fourth-order valence-corrected chi connectivity index (χ4v) is 2.27. The number of nitriles is 1. The van der Waals surface area contributed by atoms with Crippen LogP contribution < -0.4 is 10.6 Å². The largest absolute Gasteiger partial charge is 0.371 e. The topological polar surface area (TPSA) is 65.9 Å². The molecule has 4 nitrogen and oxygen atoms in total. The minimum atomic E-state index is 0.105. The number of anilines is 1. The van der Waals surface area contributed by atoms with Crippen LogP contribution in [-0.4, -0.2) is 24.1 Å². The maximum Gasteiger partial charge on any atom is 0.142 e. The van der Waals surface area contributed by atoms with Gasteiger partial charge in [0.1, 0.15) is 11.8 Å². The maximum atomic E-state index is 8.85. The number of pyridine rings is 1. The van der Waals surface area contributed by atoms with E-state index < -0.39 is 0 Å². The first kappa shape index (κ1) is 11.9. The zero-order valence-corrected chi connectivity index (χ0v) is 10.3. The van der Waals surface area contributed by atoms with Gasteiger partial charge >= 0.3 is 0 Å². The third-order valence-electron chi connectivity index (χ3n) is 3.54. The fourth-order valence-electron chi connectivity index (χ4n) is 2.27. The summed E-state index contributed by atoms with van der Waals surface area (Å²) in [6, 6.07) is 6.11. The first-order chi connectivity index (χ1) is 8.03. The highest BCUT2D eigenvalue weighted by Crippen LogP contribution is 2.30. The summed E-state index contributed by atoms with van der Waals surface area (Å²) in [5, 5.41) is 8.85. The van der Waals surface area contributed by atoms with E-state index in [1.54, 1.807) is 6.20 Å². The molecule has 0 aliphatic carbocycles. The molecule has 1 atom stereocenters. The molecule has 1 aromatic heterocycles. The molecule has 17 heavy (non-hydrogen) atoms. The molecule has 1 unspecified atom stereocenters. The number of nitrogens with zero attached hydrogens (tertiary/aromatic N) is 3. The van der Waals surface area contributed by atoms with Crippen LogP contribution in [0.25, 0.3) is 0 Å². The van der Waals surface area contributed by atoms with Gasteiger partial charge in [-0.2, -0.15) is 5.26 Å². The van der Waals surface area contributed by atoms with E-state index in [4.69, 9.17) is 11.0 Å². The first-order valence-electron chi connectivity index (χ1n) is 5.89. The van der Waals surface area contributed by atoms with E-state index in [9.17, 15) is 0 Å². The molecule has 4 heteroatoms. The van der Waals surface area contributed by atoms with Crippen molar-refractivity contribution in [2.75, 3.05) is 18.0 Å². The van der Waals surface area contributed by atoms with Gasteiger partial charge in [0.05, 0.1) is 0 Å². The summed E-state index contributed by atoms with van der Waals surface area (Å²) in [4.78, 5) is 6.28. The van der Waals surface area contributed by atoms with Gasteiger partial charge in [-0.05, 0) is 24.0 Å². The van der Waals surface area contributed by atoms with Gasteiger partial charge in [-0.25, -0.2) is 4.98 Å². The number of nitrogens with two attached hydrogens (primary N) is 1. The second-order valence-corrected chi connectivity index (χ2v) is 5.32. The Kier molecular flexibility index (Phi) is 3.03. The predicted octanol–water partition coefficient (Wildman–Crippen LogP) is 1.52. The highest BCUT2D eigenvalue weighted by molar-refractivity contribution is 5.49. The molecule has 1 fully saturated rings. The van der Waals surface area contributed by atoms with Crippen molar-refractivity contribution in [2.45, 2.75) is 26.3 Å². The van der Waals surface area contributed by atoms with Crippen molar-refractivity contribution >= 4 is 5.69 Å². The fraction of sp³-hybridized carbons (Fsp3) is 0.538. The molecule has 0 bridgehead atoms. The smallest absolute Gasteiger partial charge is 0.142 e. The van der Waals surface area contributed by atoms with E-state index in [0.29, 0.717) is 5.69 Å². The van der Waals surface area contributed by atoms with Gasteiger partial charge in [0.2, 0.25) is 0 Å². The summed E-state index contributed by atoms with van der Waals surface area (Å²) in [6.45, 7) is 6.25. The Morgan fingerprint density at radius 1 is 1.59 bits per heavy atom. The molecule has 1 aliphatic heterocycles. The number of aromatic nitrogens is 1. The molecule has 2 rings (SSSR count). The number of rotatable bonds is 1. The van der Waals surface area contributed by atoms with Crippen LogP contribution in [0.5, 0.6) is 0 Å². The van der Waals surface area contributed by atoms with E-state index in [2.05, 4.69) is 29.8 Å². The Labute approximate surface area is 102 Å². The molecule has 0 radical (unpaired) electrons. The Balaban J connectivity index is 2.21. The predicted molar refractivity (Wildman–Crippen MR) is 67.5 cm³/mol. The normalized spacial score (nSPS) is 23.2. The van der Waals surface area contributed by atoms with Gasteiger partial charge in [-0.3, -0.25) is 0 Å². The minimum absolute atomic E-state index is 0.105. The standard InChI is InChI=1S/C13H18N4/c1-13(2)9-17(6-4-12(13)15)11-3-5-16-10(7-11)8-14/h3,5,7,12H,4,6,9,15H2,1-2H3. The molecule has 1 aromatic rings. The molecule has 0 spiro atoms.